The summed E-state index contributed by atoms with van der Waals surface area (Å²) in [5.74, 6) is 1.37. The molecule has 0 aromatic heterocycles. The van der Waals surface area contributed by atoms with E-state index in [0.717, 1.165) is 5.75 Å². The fraction of sp³-hybridized carbons (Fsp3) is 0.571. The van der Waals surface area contributed by atoms with Crippen LogP contribution in [0.5, 0.6) is 5.75 Å². The summed E-state index contributed by atoms with van der Waals surface area (Å²) >= 11 is 0. The Labute approximate surface area is 103 Å². The number of ether oxygens (including phenoxy) is 3. The van der Waals surface area contributed by atoms with E-state index in [1.54, 1.807) is 14.2 Å². The Morgan fingerprint density at radius 2 is 1.94 bits per heavy atom. The molecule has 1 aromatic rings. The second-order valence-electron chi connectivity index (χ2n) is 4.80. The lowest BCUT2D eigenvalue weighted by Crippen LogP contribution is -2.48. The van der Waals surface area contributed by atoms with Gasteiger partial charge in [0.1, 0.15) is 11.4 Å². The first kappa shape index (κ1) is 12.4. The van der Waals surface area contributed by atoms with Gasteiger partial charge in [0.2, 0.25) is 0 Å². The van der Waals surface area contributed by atoms with Crippen LogP contribution in [0.25, 0.3) is 0 Å². The highest BCUT2D eigenvalue weighted by Gasteiger charge is 2.40. The van der Waals surface area contributed by atoms with E-state index in [0.29, 0.717) is 19.1 Å². The van der Waals surface area contributed by atoms with Crippen LogP contribution >= 0.6 is 0 Å². The lowest BCUT2D eigenvalue weighted by molar-refractivity contribution is -0.202. The van der Waals surface area contributed by atoms with Gasteiger partial charge in [0.25, 0.3) is 0 Å². The molecular formula is C14H20O3. The molecule has 1 saturated heterocycles. The second-order valence-corrected chi connectivity index (χ2v) is 4.80. The molecule has 1 aromatic carbocycles. The molecule has 0 amide bonds. The highest BCUT2D eigenvalue weighted by atomic mass is 16.6. The summed E-state index contributed by atoms with van der Waals surface area (Å²) < 4.78 is 16.3. The minimum atomic E-state index is -0.254. The van der Waals surface area contributed by atoms with Crippen molar-refractivity contribution in [2.24, 2.45) is 0 Å². The molecule has 0 atom stereocenters. The van der Waals surface area contributed by atoms with Crippen molar-refractivity contribution in [3.05, 3.63) is 29.3 Å². The summed E-state index contributed by atoms with van der Waals surface area (Å²) in [7, 11) is 3.45. The van der Waals surface area contributed by atoms with Crippen LogP contribution in [0.3, 0.4) is 0 Å². The largest absolute Gasteiger partial charge is 0.496 e. The van der Waals surface area contributed by atoms with Crippen LogP contribution in [0, 0.1) is 0 Å². The molecule has 1 fully saturated rings. The first-order valence-corrected chi connectivity index (χ1v) is 5.94. The molecule has 3 heteroatoms. The molecule has 94 valence electrons. The lowest BCUT2D eigenvalue weighted by Gasteiger charge is -2.40. The van der Waals surface area contributed by atoms with E-state index < -0.39 is 0 Å². The van der Waals surface area contributed by atoms with Gasteiger partial charge in [0.05, 0.1) is 20.3 Å². The third kappa shape index (κ3) is 2.05. The second kappa shape index (κ2) is 4.67. The summed E-state index contributed by atoms with van der Waals surface area (Å²) in [4.78, 5) is 0. The molecule has 0 N–H and O–H groups in total. The lowest BCUT2D eigenvalue weighted by atomic mass is 9.88. The van der Waals surface area contributed by atoms with E-state index in [2.05, 4.69) is 26.0 Å². The summed E-state index contributed by atoms with van der Waals surface area (Å²) in [5, 5.41) is 0. The predicted molar refractivity (Wildman–Crippen MR) is 66.6 cm³/mol. The maximum absolute atomic E-state index is 5.60. The van der Waals surface area contributed by atoms with Crippen LogP contribution in [-0.4, -0.2) is 27.4 Å². The summed E-state index contributed by atoms with van der Waals surface area (Å²) in [6, 6.07) is 6.26. The van der Waals surface area contributed by atoms with Gasteiger partial charge in [-0.1, -0.05) is 19.9 Å². The fourth-order valence-electron chi connectivity index (χ4n) is 2.16. The van der Waals surface area contributed by atoms with Crippen molar-refractivity contribution in [3.8, 4) is 5.75 Å². The number of benzene rings is 1. The first-order valence-electron chi connectivity index (χ1n) is 5.94. The van der Waals surface area contributed by atoms with E-state index in [-0.39, 0.29) is 5.60 Å². The van der Waals surface area contributed by atoms with Gasteiger partial charge in [-0.15, -0.1) is 0 Å². The van der Waals surface area contributed by atoms with Crippen LogP contribution in [0.1, 0.15) is 30.9 Å². The number of methoxy groups -OCH3 is 2. The van der Waals surface area contributed by atoms with E-state index in [4.69, 9.17) is 14.2 Å². The molecule has 0 saturated carbocycles. The van der Waals surface area contributed by atoms with Crippen molar-refractivity contribution in [1.82, 2.24) is 0 Å². The Morgan fingerprint density at radius 1 is 1.24 bits per heavy atom. The third-order valence-corrected chi connectivity index (χ3v) is 3.44. The standard InChI is InChI=1S/C14H20O3/c1-10(2)12-7-11(5-6-13(12)15-3)14(16-4)8-17-9-14/h5-7,10H,8-9H2,1-4H3. The van der Waals surface area contributed by atoms with Gasteiger partial charge in [-0.05, 0) is 29.2 Å². The first-order chi connectivity index (χ1) is 8.13. The van der Waals surface area contributed by atoms with Crippen LogP contribution in [0.2, 0.25) is 0 Å². The Balaban J connectivity index is 2.40. The molecule has 3 nitrogen and oxygen atoms in total. The molecule has 0 spiro atoms. The summed E-state index contributed by atoms with van der Waals surface area (Å²) in [5.41, 5.74) is 2.14. The SMILES string of the molecule is COc1ccc(C2(OC)COC2)cc1C(C)C. The molecule has 0 unspecified atom stereocenters. The van der Waals surface area contributed by atoms with Crippen molar-refractivity contribution in [2.45, 2.75) is 25.4 Å². The molecular weight excluding hydrogens is 216 g/mol. The fourth-order valence-corrected chi connectivity index (χ4v) is 2.16. The highest BCUT2D eigenvalue weighted by Crippen LogP contribution is 2.37. The van der Waals surface area contributed by atoms with Gasteiger partial charge < -0.3 is 14.2 Å². The van der Waals surface area contributed by atoms with Crippen LogP contribution in [-0.2, 0) is 15.1 Å². The monoisotopic (exact) mass is 236 g/mol. The minimum absolute atomic E-state index is 0.254. The Kier molecular flexibility index (Phi) is 3.40. The summed E-state index contributed by atoms with van der Waals surface area (Å²) in [6.07, 6.45) is 0. The number of rotatable bonds is 4. The molecule has 1 aliphatic rings. The van der Waals surface area contributed by atoms with Crippen molar-refractivity contribution in [1.29, 1.82) is 0 Å². The normalized spacial score (nSPS) is 17.9. The maximum atomic E-state index is 5.60. The van der Waals surface area contributed by atoms with Crippen LogP contribution in [0.15, 0.2) is 18.2 Å². The zero-order chi connectivity index (χ0) is 12.5. The minimum Gasteiger partial charge on any atom is -0.496 e. The highest BCUT2D eigenvalue weighted by molar-refractivity contribution is 5.42. The number of hydrogen-bond donors (Lipinski definition) is 0. The number of hydrogen-bond acceptors (Lipinski definition) is 3. The predicted octanol–water partition coefficient (Wildman–Crippen LogP) is 2.69. The topological polar surface area (TPSA) is 27.7 Å². The van der Waals surface area contributed by atoms with Gasteiger partial charge in [0.15, 0.2) is 0 Å². The van der Waals surface area contributed by atoms with E-state index >= 15 is 0 Å². The smallest absolute Gasteiger partial charge is 0.139 e. The molecule has 1 heterocycles. The molecule has 0 radical (unpaired) electrons. The van der Waals surface area contributed by atoms with E-state index in [9.17, 15) is 0 Å². The molecule has 2 rings (SSSR count). The van der Waals surface area contributed by atoms with Gasteiger partial charge in [-0.3, -0.25) is 0 Å². The summed E-state index contributed by atoms with van der Waals surface area (Å²) in [6.45, 7) is 5.59. The van der Waals surface area contributed by atoms with Gasteiger partial charge in [-0.2, -0.15) is 0 Å². The van der Waals surface area contributed by atoms with Crippen molar-refractivity contribution in [2.75, 3.05) is 27.4 Å². The van der Waals surface area contributed by atoms with E-state index in [1.807, 2.05) is 6.07 Å². The quantitative estimate of drug-likeness (QED) is 0.804. The van der Waals surface area contributed by atoms with Crippen molar-refractivity contribution >= 4 is 0 Å². The van der Waals surface area contributed by atoms with Crippen molar-refractivity contribution < 1.29 is 14.2 Å². The van der Waals surface area contributed by atoms with Crippen molar-refractivity contribution in [3.63, 3.8) is 0 Å². The van der Waals surface area contributed by atoms with Gasteiger partial charge in [-0.25, -0.2) is 0 Å². The Morgan fingerprint density at radius 3 is 2.35 bits per heavy atom. The maximum Gasteiger partial charge on any atom is 0.139 e. The molecule has 17 heavy (non-hydrogen) atoms. The van der Waals surface area contributed by atoms with Crippen LogP contribution < -0.4 is 4.74 Å². The zero-order valence-corrected chi connectivity index (χ0v) is 10.9. The average molecular weight is 236 g/mol. The molecule has 1 aliphatic heterocycles. The Bertz CT molecular complexity index is 389. The zero-order valence-electron chi connectivity index (χ0n) is 10.9. The molecule has 0 bridgehead atoms. The van der Waals surface area contributed by atoms with E-state index in [1.165, 1.54) is 11.1 Å². The van der Waals surface area contributed by atoms with Crippen LogP contribution in [0.4, 0.5) is 0 Å². The van der Waals surface area contributed by atoms with Gasteiger partial charge >= 0.3 is 0 Å². The van der Waals surface area contributed by atoms with Gasteiger partial charge in [0, 0.05) is 7.11 Å². The third-order valence-electron chi connectivity index (χ3n) is 3.44. The average Bonchev–Trinajstić information content (AvgIpc) is 2.28. The molecule has 0 aliphatic carbocycles. The Hall–Kier alpha value is -1.06.